The molecule has 3 N–H and O–H groups in total. The zero-order chi connectivity index (χ0) is 21.1. The van der Waals surface area contributed by atoms with Crippen LogP contribution < -0.4 is 16.0 Å². The number of nitrogens with zero attached hydrogens (tertiary/aromatic N) is 1. The second kappa shape index (κ2) is 8.36. The minimum atomic E-state index is 0.108. The summed E-state index contributed by atoms with van der Waals surface area (Å²) < 4.78 is 5.96. The standard InChI is InChI=1S/C25H29N3O2/c1-25(2,3)19-5-4-6-20(15-19)28-30-23-10-8-17-7-9-21(13-18(17)14-23)29-22-11-12-27-24(26)16-22/h4-7,9,11-13,15-16,23,28H,8,10,14H2,1-3H3,(H2,26,27). The van der Waals surface area contributed by atoms with Crippen LogP contribution in [0.4, 0.5) is 11.5 Å². The number of aromatic nitrogens is 1. The van der Waals surface area contributed by atoms with Gasteiger partial charge in [0, 0.05) is 18.7 Å². The van der Waals surface area contributed by atoms with Crippen LogP contribution in [0.1, 0.15) is 43.9 Å². The Hall–Kier alpha value is -3.05. The maximum Gasteiger partial charge on any atom is 0.132 e. The summed E-state index contributed by atoms with van der Waals surface area (Å²) >= 11 is 0. The molecule has 2 aromatic carbocycles. The van der Waals surface area contributed by atoms with Gasteiger partial charge in [0.25, 0.3) is 0 Å². The summed E-state index contributed by atoms with van der Waals surface area (Å²) in [6.07, 6.45) is 4.58. The summed E-state index contributed by atoms with van der Waals surface area (Å²) in [5, 5.41) is 0. The quantitative estimate of drug-likeness (QED) is 0.538. The highest BCUT2D eigenvalue weighted by Gasteiger charge is 2.21. The summed E-state index contributed by atoms with van der Waals surface area (Å²) in [5.41, 5.74) is 13.9. The molecule has 0 amide bonds. The average Bonchev–Trinajstić information content (AvgIpc) is 2.71. The van der Waals surface area contributed by atoms with E-state index in [-0.39, 0.29) is 11.5 Å². The lowest BCUT2D eigenvalue weighted by atomic mass is 9.87. The first-order chi connectivity index (χ1) is 14.4. The van der Waals surface area contributed by atoms with Gasteiger partial charge in [-0.25, -0.2) is 4.98 Å². The van der Waals surface area contributed by atoms with E-state index in [1.807, 2.05) is 12.1 Å². The minimum absolute atomic E-state index is 0.108. The van der Waals surface area contributed by atoms with E-state index in [9.17, 15) is 0 Å². The molecule has 30 heavy (non-hydrogen) atoms. The van der Waals surface area contributed by atoms with Crippen molar-refractivity contribution in [1.82, 2.24) is 4.98 Å². The van der Waals surface area contributed by atoms with Crippen LogP contribution in [0, 0.1) is 0 Å². The summed E-state index contributed by atoms with van der Waals surface area (Å²) in [4.78, 5) is 10.1. The Morgan fingerprint density at radius 3 is 2.63 bits per heavy atom. The van der Waals surface area contributed by atoms with Gasteiger partial charge in [-0.3, -0.25) is 10.3 Å². The average molecular weight is 404 g/mol. The van der Waals surface area contributed by atoms with Crippen LogP contribution in [0.5, 0.6) is 11.5 Å². The van der Waals surface area contributed by atoms with Crippen molar-refractivity contribution in [3.8, 4) is 11.5 Å². The van der Waals surface area contributed by atoms with E-state index in [1.165, 1.54) is 16.7 Å². The number of ether oxygens (including phenoxy) is 1. The molecule has 156 valence electrons. The normalized spacial score (nSPS) is 16.0. The molecule has 0 fully saturated rings. The first kappa shape index (κ1) is 20.2. The van der Waals surface area contributed by atoms with Crippen LogP contribution in [-0.4, -0.2) is 11.1 Å². The second-order valence-electron chi connectivity index (χ2n) is 8.86. The molecule has 1 aliphatic carbocycles. The van der Waals surface area contributed by atoms with Crippen molar-refractivity contribution < 1.29 is 9.57 Å². The molecule has 3 aromatic rings. The molecule has 0 radical (unpaired) electrons. The second-order valence-corrected chi connectivity index (χ2v) is 8.86. The van der Waals surface area contributed by atoms with Gasteiger partial charge in [0.05, 0.1) is 11.8 Å². The van der Waals surface area contributed by atoms with Gasteiger partial charge in [0.2, 0.25) is 0 Å². The Kier molecular flexibility index (Phi) is 5.64. The number of nitrogen functional groups attached to an aromatic ring is 1. The first-order valence-electron chi connectivity index (χ1n) is 10.4. The fraction of sp³-hybridized carbons (Fsp3) is 0.320. The number of anilines is 2. The maximum atomic E-state index is 6.05. The van der Waals surface area contributed by atoms with Crippen LogP contribution in [0.2, 0.25) is 0 Å². The summed E-state index contributed by atoms with van der Waals surface area (Å²) in [5.74, 6) is 1.93. The number of aryl methyl sites for hydroxylation is 1. The Morgan fingerprint density at radius 2 is 1.83 bits per heavy atom. The van der Waals surface area contributed by atoms with Gasteiger partial charge in [-0.2, -0.15) is 0 Å². The van der Waals surface area contributed by atoms with E-state index in [4.69, 9.17) is 15.3 Å². The first-order valence-corrected chi connectivity index (χ1v) is 10.4. The van der Waals surface area contributed by atoms with E-state index in [0.717, 1.165) is 30.7 Å². The largest absolute Gasteiger partial charge is 0.457 e. The number of fused-ring (bicyclic) bond motifs is 1. The predicted molar refractivity (Wildman–Crippen MR) is 121 cm³/mol. The number of hydrogen-bond acceptors (Lipinski definition) is 5. The Labute approximate surface area is 178 Å². The molecule has 0 bridgehead atoms. The Bertz CT molecular complexity index is 1030. The summed E-state index contributed by atoms with van der Waals surface area (Å²) in [6.45, 7) is 6.64. The van der Waals surface area contributed by atoms with Crippen molar-refractivity contribution in [2.45, 2.75) is 51.6 Å². The lowest BCUT2D eigenvalue weighted by molar-refractivity contribution is 0.0882. The fourth-order valence-corrected chi connectivity index (χ4v) is 3.69. The maximum absolute atomic E-state index is 6.05. The van der Waals surface area contributed by atoms with Crippen molar-refractivity contribution >= 4 is 11.5 Å². The number of benzene rings is 2. The summed E-state index contributed by atoms with van der Waals surface area (Å²) in [6, 6.07) is 18.2. The lowest BCUT2D eigenvalue weighted by Crippen LogP contribution is -2.25. The number of rotatable bonds is 5. The Morgan fingerprint density at radius 1 is 1.00 bits per heavy atom. The fourth-order valence-electron chi connectivity index (χ4n) is 3.69. The third-order valence-corrected chi connectivity index (χ3v) is 5.42. The SMILES string of the molecule is CC(C)(C)c1cccc(NOC2CCc3ccc(Oc4ccnc(N)c4)cc3C2)c1. The van der Waals surface area contributed by atoms with Gasteiger partial charge in [-0.05, 0) is 65.3 Å². The van der Waals surface area contributed by atoms with Crippen molar-refractivity contribution in [3.05, 3.63) is 77.5 Å². The highest BCUT2D eigenvalue weighted by Crippen LogP contribution is 2.30. The molecule has 0 saturated carbocycles. The highest BCUT2D eigenvalue weighted by molar-refractivity contribution is 5.46. The summed E-state index contributed by atoms with van der Waals surface area (Å²) in [7, 11) is 0. The van der Waals surface area contributed by atoms with E-state index >= 15 is 0 Å². The lowest BCUT2D eigenvalue weighted by Gasteiger charge is -2.26. The molecule has 4 rings (SSSR count). The van der Waals surface area contributed by atoms with Crippen molar-refractivity contribution in [3.63, 3.8) is 0 Å². The number of nitrogens with two attached hydrogens (primary N) is 1. The van der Waals surface area contributed by atoms with E-state index < -0.39 is 0 Å². The molecule has 1 aliphatic rings. The zero-order valence-electron chi connectivity index (χ0n) is 17.8. The third kappa shape index (κ3) is 4.92. The van der Waals surface area contributed by atoms with Crippen LogP contribution in [0.15, 0.2) is 60.8 Å². The number of pyridine rings is 1. The highest BCUT2D eigenvalue weighted by atomic mass is 16.7. The van der Waals surface area contributed by atoms with Gasteiger partial charge in [-0.15, -0.1) is 0 Å². The molecule has 0 aliphatic heterocycles. The van der Waals surface area contributed by atoms with Crippen molar-refractivity contribution in [1.29, 1.82) is 0 Å². The van der Waals surface area contributed by atoms with Crippen LogP contribution >= 0.6 is 0 Å². The molecular formula is C25H29N3O2. The predicted octanol–water partition coefficient (Wildman–Crippen LogP) is 5.65. The van der Waals surface area contributed by atoms with Crippen LogP contribution in [0.25, 0.3) is 0 Å². The van der Waals surface area contributed by atoms with Crippen molar-refractivity contribution in [2.75, 3.05) is 11.2 Å². The molecule has 0 spiro atoms. The molecule has 5 nitrogen and oxygen atoms in total. The molecule has 1 heterocycles. The molecule has 0 saturated heterocycles. The van der Waals surface area contributed by atoms with Gasteiger partial charge >= 0.3 is 0 Å². The van der Waals surface area contributed by atoms with E-state index in [1.54, 1.807) is 18.3 Å². The molecular weight excluding hydrogens is 374 g/mol. The van der Waals surface area contributed by atoms with Crippen LogP contribution in [0.3, 0.4) is 0 Å². The van der Waals surface area contributed by atoms with Gasteiger partial charge in [0.1, 0.15) is 17.3 Å². The minimum Gasteiger partial charge on any atom is -0.457 e. The smallest absolute Gasteiger partial charge is 0.132 e. The van der Waals surface area contributed by atoms with Gasteiger partial charge in [-0.1, -0.05) is 39.0 Å². The van der Waals surface area contributed by atoms with Gasteiger partial charge < -0.3 is 10.5 Å². The van der Waals surface area contributed by atoms with Gasteiger partial charge in [0.15, 0.2) is 0 Å². The monoisotopic (exact) mass is 403 g/mol. The number of nitrogens with one attached hydrogen (secondary N) is 1. The molecule has 5 heteroatoms. The van der Waals surface area contributed by atoms with Crippen LogP contribution in [-0.2, 0) is 23.1 Å². The molecule has 1 unspecified atom stereocenters. The molecule has 1 aromatic heterocycles. The Balaban J connectivity index is 1.40. The van der Waals surface area contributed by atoms with E-state index in [2.05, 4.69) is 61.6 Å². The van der Waals surface area contributed by atoms with Crippen molar-refractivity contribution in [2.24, 2.45) is 0 Å². The zero-order valence-corrected chi connectivity index (χ0v) is 17.8. The number of hydrogen-bond donors (Lipinski definition) is 2. The van der Waals surface area contributed by atoms with E-state index in [0.29, 0.717) is 11.6 Å². The molecule has 1 atom stereocenters. The third-order valence-electron chi connectivity index (χ3n) is 5.42. The topological polar surface area (TPSA) is 69.4 Å².